The summed E-state index contributed by atoms with van der Waals surface area (Å²) < 4.78 is 7.18. The minimum absolute atomic E-state index is 0.118. The van der Waals surface area contributed by atoms with Crippen molar-refractivity contribution in [3.63, 3.8) is 0 Å². The van der Waals surface area contributed by atoms with Crippen molar-refractivity contribution in [1.82, 2.24) is 9.97 Å². The monoisotopic (exact) mass is 336 g/mol. The summed E-state index contributed by atoms with van der Waals surface area (Å²) in [4.78, 5) is 18.9. The Hall–Kier alpha value is -1.66. The van der Waals surface area contributed by atoms with Crippen LogP contribution in [0.5, 0.6) is 5.75 Å². The first-order chi connectivity index (χ1) is 9.22. The predicted molar refractivity (Wildman–Crippen MR) is 78.7 cm³/mol. The Balaban J connectivity index is 1.83. The summed E-state index contributed by atoms with van der Waals surface area (Å²) in [6.45, 7) is 0.234. The van der Waals surface area contributed by atoms with Crippen LogP contribution in [0.4, 0.5) is 0 Å². The van der Waals surface area contributed by atoms with Gasteiger partial charge in [-0.15, -0.1) is 11.3 Å². The summed E-state index contributed by atoms with van der Waals surface area (Å²) in [6, 6.07) is 9.35. The average molecular weight is 337 g/mol. The van der Waals surface area contributed by atoms with Gasteiger partial charge in [0.1, 0.15) is 22.9 Å². The Morgan fingerprint density at radius 3 is 3.11 bits per heavy atom. The Kier molecular flexibility index (Phi) is 3.35. The molecule has 19 heavy (non-hydrogen) atoms. The zero-order chi connectivity index (χ0) is 13.2. The number of hydrogen-bond donors (Lipinski definition) is 1. The van der Waals surface area contributed by atoms with E-state index in [2.05, 4.69) is 25.9 Å². The van der Waals surface area contributed by atoms with Gasteiger partial charge < -0.3 is 9.72 Å². The van der Waals surface area contributed by atoms with Gasteiger partial charge in [0, 0.05) is 4.47 Å². The summed E-state index contributed by atoms with van der Waals surface area (Å²) in [7, 11) is 0. The number of fused-ring (bicyclic) bond motifs is 1. The molecule has 6 heteroatoms. The van der Waals surface area contributed by atoms with Crippen molar-refractivity contribution in [2.45, 2.75) is 6.61 Å². The molecule has 0 saturated heterocycles. The molecule has 0 bridgehead atoms. The van der Waals surface area contributed by atoms with E-state index < -0.39 is 0 Å². The number of H-pyrrole nitrogens is 1. The van der Waals surface area contributed by atoms with Crippen LogP contribution in [0.25, 0.3) is 10.2 Å². The highest BCUT2D eigenvalue weighted by Gasteiger charge is 2.05. The van der Waals surface area contributed by atoms with E-state index in [1.54, 1.807) is 0 Å². The molecule has 0 aliphatic carbocycles. The van der Waals surface area contributed by atoms with Crippen LogP contribution in [-0.2, 0) is 6.61 Å². The number of rotatable bonds is 3. The van der Waals surface area contributed by atoms with Gasteiger partial charge in [-0.1, -0.05) is 22.0 Å². The molecular weight excluding hydrogens is 328 g/mol. The number of thiophene rings is 1. The lowest BCUT2D eigenvalue weighted by Crippen LogP contribution is -2.12. The lowest BCUT2D eigenvalue weighted by Gasteiger charge is -2.05. The van der Waals surface area contributed by atoms with Crippen molar-refractivity contribution in [3.05, 3.63) is 56.4 Å². The van der Waals surface area contributed by atoms with Crippen LogP contribution in [0, 0.1) is 0 Å². The van der Waals surface area contributed by atoms with Crippen molar-refractivity contribution < 1.29 is 4.74 Å². The van der Waals surface area contributed by atoms with E-state index in [9.17, 15) is 4.79 Å². The Labute approximate surface area is 121 Å². The number of hydrogen-bond acceptors (Lipinski definition) is 4. The quantitative estimate of drug-likeness (QED) is 0.798. The van der Waals surface area contributed by atoms with Gasteiger partial charge in [-0.25, -0.2) is 4.98 Å². The number of aromatic nitrogens is 2. The van der Waals surface area contributed by atoms with E-state index in [1.807, 2.05) is 35.7 Å². The molecule has 2 heterocycles. The maximum Gasteiger partial charge on any atom is 0.268 e. The molecular formula is C13H9BrN2O2S. The van der Waals surface area contributed by atoms with Crippen molar-refractivity contribution in [2.75, 3.05) is 0 Å². The van der Waals surface area contributed by atoms with E-state index in [-0.39, 0.29) is 12.2 Å². The summed E-state index contributed by atoms with van der Waals surface area (Å²) >= 11 is 4.76. The molecule has 0 aliphatic heterocycles. The second-order valence-corrected chi connectivity index (χ2v) is 5.73. The standard InChI is InChI=1S/C13H9BrN2O2S/c14-8-2-1-3-9(6-8)18-7-11-15-10-4-5-19-12(10)13(17)16-11/h1-6H,7H2,(H,15,16,17). The van der Waals surface area contributed by atoms with Crippen molar-refractivity contribution in [1.29, 1.82) is 0 Å². The van der Waals surface area contributed by atoms with E-state index in [4.69, 9.17) is 4.74 Å². The molecule has 1 N–H and O–H groups in total. The van der Waals surface area contributed by atoms with Gasteiger partial charge in [-0.3, -0.25) is 4.79 Å². The number of nitrogens with one attached hydrogen (secondary N) is 1. The number of nitrogens with zero attached hydrogens (tertiary/aromatic N) is 1. The Morgan fingerprint density at radius 2 is 2.26 bits per heavy atom. The summed E-state index contributed by atoms with van der Waals surface area (Å²) in [6.07, 6.45) is 0. The third kappa shape index (κ3) is 2.69. The molecule has 0 amide bonds. The first kappa shape index (κ1) is 12.4. The average Bonchev–Trinajstić information content (AvgIpc) is 2.85. The van der Waals surface area contributed by atoms with Crippen molar-refractivity contribution >= 4 is 37.5 Å². The van der Waals surface area contributed by atoms with Crippen LogP contribution in [0.2, 0.25) is 0 Å². The second-order valence-electron chi connectivity index (χ2n) is 3.89. The maximum absolute atomic E-state index is 11.8. The molecule has 3 aromatic rings. The topological polar surface area (TPSA) is 55.0 Å². The highest BCUT2D eigenvalue weighted by Crippen LogP contribution is 2.19. The van der Waals surface area contributed by atoms with E-state index in [0.717, 1.165) is 10.2 Å². The molecule has 0 saturated carbocycles. The molecule has 3 rings (SSSR count). The number of aromatic amines is 1. The first-order valence-electron chi connectivity index (χ1n) is 5.57. The van der Waals surface area contributed by atoms with Gasteiger partial charge in [-0.05, 0) is 29.6 Å². The Morgan fingerprint density at radius 1 is 1.37 bits per heavy atom. The summed E-state index contributed by atoms with van der Waals surface area (Å²) in [5, 5.41) is 1.85. The van der Waals surface area contributed by atoms with Crippen LogP contribution in [0.1, 0.15) is 5.82 Å². The molecule has 2 aromatic heterocycles. The SMILES string of the molecule is O=c1[nH]c(COc2cccc(Br)c2)nc2ccsc12. The van der Waals surface area contributed by atoms with Gasteiger partial charge in [0.2, 0.25) is 0 Å². The minimum atomic E-state index is -0.118. The normalized spacial score (nSPS) is 10.8. The second kappa shape index (κ2) is 5.14. The van der Waals surface area contributed by atoms with Crippen LogP contribution >= 0.6 is 27.3 Å². The maximum atomic E-state index is 11.8. The van der Waals surface area contributed by atoms with Gasteiger partial charge in [-0.2, -0.15) is 0 Å². The minimum Gasteiger partial charge on any atom is -0.486 e. The zero-order valence-corrected chi connectivity index (χ0v) is 12.1. The van der Waals surface area contributed by atoms with E-state index in [1.165, 1.54) is 11.3 Å². The lowest BCUT2D eigenvalue weighted by atomic mass is 10.3. The fourth-order valence-corrected chi connectivity index (χ4v) is 2.80. The molecule has 0 spiro atoms. The smallest absolute Gasteiger partial charge is 0.268 e. The Bertz CT molecular complexity index is 781. The molecule has 0 radical (unpaired) electrons. The van der Waals surface area contributed by atoms with Gasteiger partial charge >= 0.3 is 0 Å². The summed E-state index contributed by atoms with van der Waals surface area (Å²) in [5.74, 6) is 1.25. The molecule has 0 atom stereocenters. The van der Waals surface area contributed by atoms with E-state index >= 15 is 0 Å². The van der Waals surface area contributed by atoms with Crippen LogP contribution in [-0.4, -0.2) is 9.97 Å². The molecule has 1 aromatic carbocycles. The molecule has 4 nitrogen and oxygen atoms in total. The third-order valence-electron chi connectivity index (χ3n) is 2.54. The molecule has 96 valence electrons. The van der Waals surface area contributed by atoms with Crippen LogP contribution < -0.4 is 10.3 Å². The fourth-order valence-electron chi connectivity index (χ4n) is 1.70. The van der Waals surface area contributed by atoms with Crippen LogP contribution in [0.15, 0.2) is 45.0 Å². The molecule has 0 unspecified atom stereocenters. The zero-order valence-electron chi connectivity index (χ0n) is 9.72. The number of benzene rings is 1. The molecule has 0 aliphatic rings. The highest BCUT2D eigenvalue weighted by molar-refractivity contribution is 9.10. The molecule has 0 fully saturated rings. The van der Waals surface area contributed by atoms with Gasteiger partial charge in [0.05, 0.1) is 5.52 Å². The fraction of sp³-hybridized carbons (Fsp3) is 0.0769. The largest absolute Gasteiger partial charge is 0.486 e. The van der Waals surface area contributed by atoms with Crippen LogP contribution in [0.3, 0.4) is 0 Å². The van der Waals surface area contributed by atoms with Crippen molar-refractivity contribution in [3.8, 4) is 5.75 Å². The number of ether oxygens (including phenoxy) is 1. The summed E-state index contributed by atoms with van der Waals surface area (Å²) in [5.41, 5.74) is 0.592. The third-order valence-corrected chi connectivity index (χ3v) is 3.93. The highest BCUT2D eigenvalue weighted by atomic mass is 79.9. The van der Waals surface area contributed by atoms with Crippen molar-refractivity contribution in [2.24, 2.45) is 0 Å². The van der Waals surface area contributed by atoms with Gasteiger partial charge in [0.25, 0.3) is 5.56 Å². The van der Waals surface area contributed by atoms with Gasteiger partial charge in [0.15, 0.2) is 0 Å². The first-order valence-corrected chi connectivity index (χ1v) is 7.24. The lowest BCUT2D eigenvalue weighted by molar-refractivity contribution is 0.296. The van der Waals surface area contributed by atoms with E-state index in [0.29, 0.717) is 16.0 Å². The predicted octanol–water partition coefficient (Wildman–Crippen LogP) is 3.33. The number of halogens is 1.